The largest absolute Gasteiger partial charge is 0.544 e. The Hall–Kier alpha value is -1.71. The fourth-order valence-corrected chi connectivity index (χ4v) is 0.657. The monoisotopic (exact) mass is 267 g/mol. The lowest BCUT2D eigenvalue weighted by atomic mass is 10.2. The molecule has 0 heterocycles. The van der Waals surface area contributed by atoms with E-state index in [4.69, 9.17) is 20.4 Å². The molecule has 4 N–H and O–H groups in total. The van der Waals surface area contributed by atoms with Crippen molar-refractivity contribution in [3.05, 3.63) is 0 Å². The molecule has 0 aromatic carbocycles. The van der Waals surface area contributed by atoms with Gasteiger partial charge in [0.25, 0.3) is 0 Å². The van der Waals surface area contributed by atoms with Crippen LogP contribution >= 0.6 is 0 Å². The minimum absolute atomic E-state index is 0.0694. The molecule has 0 bridgehead atoms. The lowest BCUT2D eigenvalue weighted by Gasteiger charge is -2.23. The van der Waals surface area contributed by atoms with E-state index in [0.29, 0.717) is 4.48 Å². The topological polar surface area (TPSA) is 155 Å². The number of rotatable bonds is 5. The molecule has 0 spiro atoms. The first kappa shape index (κ1) is 18.6. The van der Waals surface area contributed by atoms with Gasteiger partial charge >= 0.3 is 11.9 Å². The summed E-state index contributed by atoms with van der Waals surface area (Å²) < 4.78 is 0.419. The van der Waals surface area contributed by atoms with Gasteiger partial charge in [0.2, 0.25) is 0 Å². The number of likely N-dealkylation sites (N-methyl/N-ethyl adjacent to an activating group) is 1. The van der Waals surface area contributed by atoms with Crippen LogP contribution in [-0.2, 0) is 14.4 Å². The molecule has 2 unspecified atom stereocenters. The third-order valence-electron chi connectivity index (χ3n) is 1.41. The van der Waals surface area contributed by atoms with Crippen molar-refractivity contribution in [2.24, 2.45) is 0 Å². The zero-order valence-electron chi connectivity index (χ0n) is 10.2. The van der Waals surface area contributed by atoms with Gasteiger partial charge in [-0.05, 0) is 0 Å². The Kier molecular flexibility index (Phi) is 7.86. The maximum absolute atomic E-state index is 9.89. The van der Waals surface area contributed by atoms with Crippen LogP contribution in [0.1, 0.15) is 0 Å². The van der Waals surface area contributed by atoms with E-state index in [1.165, 1.54) is 0 Å². The summed E-state index contributed by atoms with van der Waals surface area (Å²) >= 11 is 0. The van der Waals surface area contributed by atoms with Crippen LogP contribution < -0.4 is 5.11 Å². The zero-order chi connectivity index (χ0) is 15.1. The summed E-state index contributed by atoms with van der Waals surface area (Å²) in [5.41, 5.74) is 0. The second-order valence-corrected chi connectivity index (χ2v) is 4.39. The maximum atomic E-state index is 9.89. The van der Waals surface area contributed by atoms with Crippen molar-refractivity contribution >= 4 is 17.9 Å². The summed E-state index contributed by atoms with van der Waals surface area (Å²) in [6.07, 6.45) is -4.53. The minimum atomic E-state index is -2.27. The van der Waals surface area contributed by atoms with Gasteiger partial charge in [-0.3, -0.25) is 0 Å². The van der Waals surface area contributed by atoms with Crippen LogP contribution in [0.3, 0.4) is 0 Å². The van der Waals surface area contributed by atoms with Gasteiger partial charge in [-0.2, -0.15) is 0 Å². The molecule has 9 nitrogen and oxygen atoms in total. The predicted molar refractivity (Wildman–Crippen MR) is 55.2 cm³/mol. The molecule has 18 heavy (non-hydrogen) atoms. The number of aliphatic hydroxyl groups excluding tert-OH is 2. The fourth-order valence-electron chi connectivity index (χ4n) is 0.657. The lowest BCUT2D eigenvalue weighted by molar-refractivity contribution is -0.864. The molecule has 0 radical (unpaired) electrons. The highest BCUT2D eigenvalue weighted by molar-refractivity contribution is 5.83. The van der Waals surface area contributed by atoms with Gasteiger partial charge in [0.15, 0.2) is 12.2 Å². The van der Waals surface area contributed by atoms with Crippen molar-refractivity contribution in [2.45, 2.75) is 12.2 Å². The van der Waals surface area contributed by atoms with Crippen LogP contribution in [0.2, 0.25) is 0 Å². The summed E-state index contributed by atoms with van der Waals surface area (Å²) in [4.78, 5) is 29.4. The van der Waals surface area contributed by atoms with Crippen molar-refractivity contribution in [3.63, 3.8) is 0 Å². The van der Waals surface area contributed by atoms with E-state index in [0.717, 1.165) is 0 Å². The van der Waals surface area contributed by atoms with Crippen molar-refractivity contribution in [2.75, 3.05) is 27.7 Å². The second-order valence-electron chi connectivity index (χ2n) is 4.39. The number of hydrogen-bond donors (Lipinski definition) is 4. The zero-order valence-corrected chi connectivity index (χ0v) is 10.2. The fraction of sp³-hybridized carbons (Fsp3) is 0.667. The number of carbonyl (C=O) groups is 3. The Morgan fingerprint density at radius 3 is 1.33 bits per heavy atom. The average molecular weight is 267 g/mol. The number of carboxylic acid groups (broad SMARTS) is 3. The third-order valence-corrected chi connectivity index (χ3v) is 1.41. The molecule has 0 rings (SSSR count). The molecule has 106 valence electrons. The predicted octanol–water partition coefficient (Wildman–Crippen LogP) is -3.68. The van der Waals surface area contributed by atoms with E-state index < -0.39 is 30.1 Å². The molecule has 0 saturated carbocycles. The van der Waals surface area contributed by atoms with E-state index in [-0.39, 0.29) is 6.54 Å². The minimum Gasteiger partial charge on any atom is -0.544 e. The van der Waals surface area contributed by atoms with E-state index in [1.807, 2.05) is 0 Å². The molecule has 0 saturated heterocycles. The number of carbonyl (C=O) groups excluding carboxylic acids is 1. The highest BCUT2D eigenvalue weighted by Gasteiger charge is 2.29. The van der Waals surface area contributed by atoms with Crippen LogP contribution in [-0.4, -0.2) is 82.7 Å². The molecule has 0 aromatic rings. The number of aliphatic hydroxyl groups is 2. The van der Waals surface area contributed by atoms with Gasteiger partial charge in [0.05, 0.1) is 27.1 Å². The van der Waals surface area contributed by atoms with E-state index in [1.54, 1.807) is 21.1 Å². The number of aliphatic carboxylic acids is 3. The first-order valence-corrected chi connectivity index (χ1v) is 4.70. The Balaban J connectivity index is 0. The second kappa shape index (κ2) is 7.58. The summed E-state index contributed by atoms with van der Waals surface area (Å²) in [7, 11) is 5.40. The Morgan fingerprint density at radius 2 is 1.28 bits per heavy atom. The normalized spacial score (nSPS) is 13.8. The third kappa shape index (κ3) is 10.8. The molecule has 0 aliphatic rings. The molecule has 2 atom stereocenters. The van der Waals surface area contributed by atoms with Gasteiger partial charge < -0.3 is 34.8 Å². The van der Waals surface area contributed by atoms with Gasteiger partial charge in [0.1, 0.15) is 6.54 Å². The molecule has 9 heteroatoms. The maximum Gasteiger partial charge on any atom is 0.335 e. The summed E-state index contributed by atoms with van der Waals surface area (Å²) in [6, 6.07) is 0. The Morgan fingerprint density at radius 1 is 1.00 bits per heavy atom. The van der Waals surface area contributed by atoms with Crippen LogP contribution in [0, 0.1) is 0 Å². The average Bonchev–Trinajstić information content (AvgIpc) is 2.11. The molecular weight excluding hydrogens is 250 g/mol. The van der Waals surface area contributed by atoms with Gasteiger partial charge in [-0.1, -0.05) is 0 Å². The van der Waals surface area contributed by atoms with Crippen molar-refractivity contribution in [1.82, 2.24) is 0 Å². The van der Waals surface area contributed by atoms with Gasteiger partial charge in [-0.15, -0.1) is 0 Å². The van der Waals surface area contributed by atoms with Crippen molar-refractivity contribution < 1.29 is 44.4 Å². The standard InChI is InChI=1S/C5H11NO2.C4H6O6/c1-6(2,3)4-5(7)8;5-1(3(7)8)2(6)4(9)10/h4H2,1-3H3;1-2,5-6H,(H,7,8)(H,9,10). The van der Waals surface area contributed by atoms with Gasteiger partial charge in [0, 0.05) is 0 Å². The Labute approximate surface area is 103 Å². The quantitative estimate of drug-likeness (QED) is 0.371. The number of quaternary nitrogens is 1. The van der Waals surface area contributed by atoms with E-state index >= 15 is 0 Å². The lowest BCUT2D eigenvalue weighted by Crippen LogP contribution is -2.45. The van der Waals surface area contributed by atoms with Crippen LogP contribution in [0.25, 0.3) is 0 Å². The first-order chi connectivity index (χ1) is 7.88. The molecule has 0 aliphatic carbocycles. The highest BCUT2D eigenvalue weighted by Crippen LogP contribution is 1.92. The van der Waals surface area contributed by atoms with E-state index in [9.17, 15) is 19.5 Å². The van der Waals surface area contributed by atoms with Crippen LogP contribution in [0.15, 0.2) is 0 Å². The van der Waals surface area contributed by atoms with Crippen LogP contribution in [0.4, 0.5) is 0 Å². The summed E-state index contributed by atoms with van der Waals surface area (Å²) in [5.74, 6) is -4.54. The molecular formula is C9H17NO8. The highest BCUT2D eigenvalue weighted by atomic mass is 16.4. The van der Waals surface area contributed by atoms with Crippen molar-refractivity contribution in [1.29, 1.82) is 0 Å². The first-order valence-electron chi connectivity index (χ1n) is 4.70. The smallest absolute Gasteiger partial charge is 0.335 e. The summed E-state index contributed by atoms with van der Waals surface area (Å²) in [6.45, 7) is 0.0694. The molecule has 0 aliphatic heterocycles. The van der Waals surface area contributed by atoms with E-state index in [2.05, 4.69) is 0 Å². The van der Waals surface area contributed by atoms with Crippen LogP contribution in [0.5, 0.6) is 0 Å². The number of carboxylic acids is 3. The van der Waals surface area contributed by atoms with Crippen molar-refractivity contribution in [3.8, 4) is 0 Å². The number of hydrogen-bond acceptors (Lipinski definition) is 6. The molecule has 0 amide bonds. The summed E-state index contributed by atoms with van der Waals surface area (Å²) in [5, 5.41) is 42.4. The Bertz CT molecular complexity index is 290. The SMILES string of the molecule is C[N+](C)(C)CC(=O)[O-].O=C(O)C(O)C(O)C(=O)O. The molecule has 0 aromatic heterocycles. The molecule has 0 fully saturated rings. The number of nitrogens with zero attached hydrogens (tertiary/aromatic N) is 1. The van der Waals surface area contributed by atoms with Gasteiger partial charge in [-0.25, -0.2) is 9.59 Å².